The second-order valence-corrected chi connectivity index (χ2v) is 5.15. The number of benzene rings is 1. The summed E-state index contributed by atoms with van der Waals surface area (Å²) in [5.74, 6) is 1.50. The van der Waals surface area contributed by atoms with Gasteiger partial charge in [0, 0.05) is 19.6 Å². The van der Waals surface area contributed by atoms with Crippen LogP contribution in [0.2, 0.25) is 0 Å². The van der Waals surface area contributed by atoms with Crippen molar-refractivity contribution in [2.45, 2.75) is 12.7 Å². The number of fused-ring (bicyclic) bond motifs is 1. The predicted molar refractivity (Wildman–Crippen MR) is 85.1 cm³/mol. The summed E-state index contributed by atoms with van der Waals surface area (Å²) < 4.78 is 16.2. The van der Waals surface area contributed by atoms with E-state index in [1.165, 1.54) is 0 Å². The van der Waals surface area contributed by atoms with Crippen LogP contribution in [0.4, 0.5) is 0 Å². The van der Waals surface area contributed by atoms with E-state index >= 15 is 0 Å². The van der Waals surface area contributed by atoms with Crippen LogP contribution in [0.1, 0.15) is 5.56 Å². The number of ether oxygens (including phenoxy) is 3. The number of rotatable bonds is 10. The third-order valence-electron chi connectivity index (χ3n) is 3.26. The fourth-order valence-electron chi connectivity index (χ4n) is 2.28. The summed E-state index contributed by atoms with van der Waals surface area (Å²) >= 11 is 0. The van der Waals surface area contributed by atoms with E-state index in [0.717, 1.165) is 17.1 Å². The molecule has 5 heteroatoms. The molecule has 5 nitrogen and oxygen atoms in total. The zero-order valence-electron chi connectivity index (χ0n) is 12.7. The van der Waals surface area contributed by atoms with Crippen LogP contribution in [0.5, 0.6) is 11.5 Å². The molecular formula is C17H23NO4. The number of nitrogens with zero attached hydrogens (tertiary/aromatic N) is 1. The first-order valence-corrected chi connectivity index (χ1v) is 7.31. The highest BCUT2D eigenvalue weighted by Gasteiger charge is 2.14. The lowest BCUT2D eigenvalue weighted by molar-refractivity contribution is 0.0132. The van der Waals surface area contributed by atoms with E-state index in [4.69, 9.17) is 14.2 Å². The van der Waals surface area contributed by atoms with Gasteiger partial charge in [-0.3, -0.25) is 4.90 Å². The van der Waals surface area contributed by atoms with Gasteiger partial charge in [0.05, 0.1) is 19.3 Å². The van der Waals surface area contributed by atoms with E-state index in [0.29, 0.717) is 26.2 Å². The maximum Gasteiger partial charge on any atom is 0.231 e. The van der Waals surface area contributed by atoms with Gasteiger partial charge in [-0.25, -0.2) is 0 Å². The van der Waals surface area contributed by atoms with Crippen LogP contribution in [0.3, 0.4) is 0 Å². The van der Waals surface area contributed by atoms with Crippen LogP contribution in [0.15, 0.2) is 43.5 Å². The molecule has 1 aliphatic heterocycles. The fraction of sp³-hybridized carbons (Fsp3) is 0.412. The van der Waals surface area contributed by atoms with Gasteiger partial charge < -0.3 is 19.3 Å². The molecule has 0 amide bonds. The van der Waals surface area contributed by atoms with Crippen molar-refractivity contribution in [3.8, 4) is 11.5 Å². The molecule has 1 N–H and O–H groups in total. The molecule has 120 valence electrons. The fourth-order valence-corrected chi connectivity index (χ4v) is 2.28. The smallest absolute Gasteiger partial charge is 0.231 e. The van der Waals surface area contributed by atoms with Gasteiger partial charge in [0.1, 0.15) is 0 Å². The largest absolute Gasteiger partial charge is 0.454 e. The number of hydrogen-bond donors (Lipinski definition) is 1. The standard InChI is InChI=1S/C17H23NO4/c1-3-7-18(8-4-2)10-15(19)12-20-11-14-5-6-16-17(9-14)22-13-21-16/h3-6,9,15,19H,1-2,7-8,10-13H2. The summed E-state index contributed by atoms with van der Waals surface area (Å²) in [6, 6.07) is 5.70. The van der Waals surface area contributed by atoms with Crippen LogP contribution in [-0.4, -0.2) is 49.1 Å². The van der Waals surface area contributed by atoms with Crippen LogP contribution in [0, 0.1) is 0 Å². The number of aliphatic hydroxyl groups excluding tert-OH is 1. The molecule has 0 spiro atoms. The van der Waals surface area contributed by atoms with Gasteiger partial charge >= 0.3 is 0 Å². The van der Waals surface area contributed by atoms with Crippen molar-refractivity contribution in [1.82, 2.24) is 4.90 Å². The van der Waals surface area contributed by atoms with Crippen LogP contribution >= 0.6 is 0 Å². The normalized spacial score (nSPS) is 14.1. The molecule has 1 atom stereocenters. The second kappa shape index (κ2) is 8.58. The maximum atomic E-state index is 10.0. The van der Waals surface area contributed by atoms with Crippen molar-refractivity contribution in [3.05, 3.63) is 49.1 Å². The average Bonchev–Trinajstić information content (AvgIpc) is 2.95. The van der Waals surface area contributed by atoms with E-state index in [1.54, 1.807) is 0 Å². The SMILES string of the molecule is C=CCN(CC=C)CC(O)COCc1ccc2c(c1)OCO2. The third-order valence-corrected chi connectivity index (χ3v) is 3.26. The lowest BCUT2D eigenvalue weighted by Gasteiger charge is -2.22. The molecule has 0 aliphatic carbocycles. The molecule has 1 heterocycles. The molecule has 1 aromatic carbocycles. The molecule has 1 aromatic rings. The summed E-state index contributed by atoms with van der Waals surface area (Å²) in [5, 5.41) is 10.0. The summed E-state index contributed by atoms with van der Waals surface area (Å²) in [7, 11) is 0. The Bertz CT molecular complexity index is 493. The Labute approximate surface area is 131 Å². The maximum absolute atomic E-state index is 10.0. The van der Waals surface area contributed by atoms with Crippen LogP contribution < -0.4 is 9.47 Å². The second-order valence-electron chi connectivity index (χ2n) is 5.15. The molecule has 0 radical (unpaired) electrons. The predicted octanol–water partition coefficient (Wildman–Crippen LogP) is 1.97. The quantitative estimate of drug-likeness (QED) is 0.670. The Morgan fingerprint density at radius 3 is 2.68 bits per heavy atom. The molecule has 0 fully saturated rings. The molecule has 0 saturated carbocycles. The van der Waals surface area contributed by atoms with Gasteiger partial charge in [0.15, 0.2) is 11.5 Å². The third kappa shape index (κ3) is 4.87. The van der Waals surface area contributed by atoms with Crippen LogP contribution in [-0.2, 0) is 11.3 Å². The van der Waals surface area contributed by atoms with Gasteiger partial charge in [0.2, 0.25) is 6.79 Å². The summed E-state index contributed by atoms with van der Waals surface area (Å²) in [4.78, 5) is 2.05. The highest BCUT2D eigenvalue weighted by Crippen LogP contribution is 2.32. The minimum absolute atomic E-state index is 0.265. The van der Waals surface area contributed by atoms with E-state index in [1.807, 2.05) is 30.4 Å². The zero-order valence-corrected chi connectivity index (χ0v) is 12.7. The topological polar surface area (TPSA) is 51.2 Å². The Morgan fingerprint density at radius 2 is 1.95 bits per heavy atom. The molecule has 0 aromatic heterocycles. The molecule has 1 unspecified atom stereocenters. The van der Waals surface area contributed by atoms with Crippen molar-refractivity contribution in [3.63, 3.8) is 0 Å². The minimum atomic E-state index is -0.547. The summed E-state index contributed by atoms with van der Waals surface area (Å²) in [6.45, 7) is 10.3. The summed E-state index contributed by atoms with van der Waals surface area (Å²) in [6.07, 6.45) is 3.07. The molecule has 0 bridgehead atoms. The van der Waals surface area contributed by atoms with Crippen LogP contribution in [0.25, 0.3) is 0 Å². The van der Waals surface area contributed by atoms with E-state index < -0.39 is 6.10 Å². The first-order chi connectivity index (χ1) is 10.7. The van der Waals surface area contributed by atoms with Gasteiger partial charge in [0.25, 0.3) is 0 Å². The molecular weight excluding hydrogens is 282 g/mol. The number of hydrogen-bond acceptors (Lipinski definition) is 5. The van der Waals surface area contributed by atoms with E-state index in [-0.39, 0.29) is 13.4 Å². The average molecular weight is 305 g/mol. The Hall–Kier alpha value is -1.82. The zero-order chi connectivity index (χ0) is 15.8. The van der Waals surface area contributed by atoms with Gasteiger partial charge in [-0.15, -0.1) is 13.2 Å². The lowest BCUT2D eigenvalue weighted by atomic mass is 10.2. The Morgan fingerprint density at radius 1 is 1.23 bits per heavy atom. The monoisotopic (exact) mass is 305 g/mol. The van der Waals surface area contributed by atoms with Crippen molar-refractivity contribution < 1.29 is 19.3 Å². The summed E-state index contributed by atoms with van der Waals surface area (Å²) in [5.41, 5.74) is 0.991. The number of aliphatic hydroxyl groups is 1. The first kappa shape index (κ1) is 16.5. The van der Waals surface area contributed by atoms with Crippen molar-refractivity contribution in [1.29, 1.82) is 0 Å². The van der Waals surface area contributed by atoms with Crippen molar-refractivity contribution in [2.75, 3.05) is 33.0 Å². The Balaban J connectivity index is 1.73. The van der Waals surface area contributed by atoms with E-state index in [9.17, 15) is 5.11 Å². The van der Waals surface area contributed by atoms with Gasteiger partial charge in [-0.1, -0.05) is 18.2 Å². The molecule has 2 rings (SSSR count). The van der Waals surface area contributed by atoms with Crippen molar-refractivity contribution >= 4 is 0 Å². The van der Waals surface area contributed by atoms with Gasteiger partial charge in [-0.05, 0) is 17.7 Å². The van der Waals surface area contributed by atoms with Crippen molar-refractivity contribution in [2.24, 2.45) is 0 Å². The Kier molecular flexibility index (Phi) is 6.45. The molecule has 0 saturated heterocycles. The highest BCUT2D eigenvalue weighted by atomic mass is 16.7. The van der Waals surface area contributed by atoms with E-state index in [2.05, 4.69) is 18.1 Å². The highest BCUT2D eigenvalue weighted by molar-refractivity contribution is 5.44. The molecule has 22 heavy (non-hydrogen) atoms. The lowest BCUT2D eigenvalue weighted by Crippen LogP contribution is -2.35. The van der Waals surface area contributed by atoms with Gasteiger partial charge in [-0.2, -0.15) is 0 Å². The molecule has 1 aliphatic rings. The first-order valence-electron chi connectivity index (χ1n) is 7.31. The minimum Gasteiger partial charge on any atom is -0.454 e.